The van der Waals surface area contributed by atoms with Gasteiger partial charge in [0.05, 0.1) is 30.5 Å². The Kier molecular flexibility index (Phi) is 6.16. The van der Waals surface area contributed by atoms with Gasteiger partial charge in [0.25, 0.3) is 0 Å². The number of rotatable bonds is 7. The van der Waals surface area contributed by atoms with E-state index in [0.29, 0.717) is 25.5 Å². The molecule has 1 aliphatic heterocycles. The summed E-state index contributed by atoms with van der Waals surface area (Å²) in [5, 5.41) is 3.31. The predicted octanol–water partition coefficient (Wildman–Crippen LogP) is 3.17. The minimum absolute atomic E-state index is 0.0121. The monoisotopic (exact) mass is 423 g/mol. The van der Waals surface area contributed by atoms with Crippen LogP contribution in [0.3, 0.4) is 0 Å². The van der Waals surface area contributed by atoms with Crippen molar-refractivity contribution in [3.05, 3.63) is 18.3 Å². The molecule has 1 saturated heterocycles. The Morgan fingerprint density at radius 1 is 1.31 bits per heavy atom. The van der Waals surface area contributed by atoms with Crippen LogP contribution >= 0.6 is 0 Å². The van der Waals surface area contributed by atoms with Crippen LogP contribution in [0.5, 0.6) is 0 Å². The number of fused-ring (bicyclic) bond motifs is 1. The molecule has 1 N–H and O–H groups in total. The summed E-state index contributed by atoms with van der Waals surface area (Å²) < 4.78 is 40.9. The van der Waals surface area contributed by atoms with Gasteiger partial charge in [0.2, 0.25) is 10.0 Å². The van der Waals surface area contributed by atoms with Gasteiger partial charge in [-0.2, -0.15) is 4.31 Å². The summed E-state index contributed by atoms with van der Waals surface area (Å²) >= 11 is 0. The zero-order chi connectivity index (χ0) is 20.5. The number of nitrogens with zero attached hydrogens (tertiary/aromatic N) is 2. The lowest BCUT2D eigenvalue weighted by Gasteiger charge is -2.44. The van der Waals surface area contributed by atoms with Gasteiger partial charge in [-0.25, -0.2) is 13.4 Å². The van der Waals surface area contributed by atoms with Crippen molar-refractivity contribution in [2.24, 2.45) is 0 Å². The molecule has 8 heteroatoms. The Bertz CT molecular complexity index is 808. The summed E-state index contributed by atoms with van der Waals surface area (Å²) in [4.78, 5) is 4.64. The minimum Gasteiger partial charge on any atom is -0.375 e. The fourth-order valence-electron chi connectivity index (χ4n) is 4.87. The highest BCUT2D eigenvalue weighted by molar-refractivity contribution is 7.89. The summed E-state index contributed by atoms with van der Waals surface area (Å²) in [6, 6.07) is 3.28. The van der Waals surface area contributed by atoms with Gasteiger partial charge in [0, 0.05) is 19.3 Å². The van der Waals surface area contributed by atoms with Gasteiger partial charge in [0.15, 0.2) is 0 Å². The largest absolute Gasteiger partial charge is 0.375 e. The molecule has 3 aliphatic rings. The van der Waals surface area contributed by atoms with Crippen molar-refractivity contribution in [3.8, 4) is 0 Å². The number of hydrogen-bond donors (Lipinski definition) is 1. The van der Waals surface area contributed by atoms with Crippen LogP contribution in [0.2, 0.25) is 0 Å². The van der Waals surface area contributed by atoms with E-state index >= 15 is 0 Å². The second-order valence-corrected chi connectivity index (χ2v) is 10.6. The average Bonchev–Trinajstić information content (AvgIpc) is 2.69. The lowest BCUT2D eigenvalue weighted by Crippen LogP contribution is -2.54. The van der Waals surface area contributed by atoms with E-state index in [1.54, 1.807) is 22.6 Å². The molecular weight excluding hydrogens is 390 g/mol. The molecule has 2 unspecified atom stereocenters. The number of hydrogen-bond acceptors (Lipinski definition) is 6. The maximum absolute atomic E-state index is 13.6. The Morgan fingerprint density at radius 2 is 2.10 bits per heavy atom. The Morgan fingerprint density at radius 3 is 2.83 bits per heavy atom. The molecular formula is C21H33N3O4S. The summed E-state index contributed by atoms with van der Waals surface area (Å²) in [7, 11) is -3.66. The second kappa shape index (κ2) is 8.49. The first-order valence-electron chi connectivity index (χ1n) is 10.9. The van der Waals surface area contributed by atoms with Gasteiger partial charge in [-0.15, -0.1) is 0 Å². The molecule has 0 bridgehead atoms. The van der Waals surface area contributed by atoms with Gasteiger partial charge < -0.3 is 14.8 Å². The van der Waals surface area contributed by atoms with Crippen molar-refractivity contribution in [1.29, 1.82) is 0 Å². The number of sulfonamides is 1. The molecule has 7 nitrogen and oxygen atoms in total. The number of anilines is 1. The molecule has 2 saturated carbocycles. The molecule has 2 heterocycles. The van der Waals surface area contributed by atoms with Gasteiger partial charge >= 0.3 is 0 Å². The highest BCUT2D eigenvalue weighted by Crippen LogP contribution is 2.38. The maximum Gasteiger partial charge on any atom is 0.247 e. The maximum atomic E-state index is 13.6. The lowest BCUT2D eigenvalue weighted by molar-refractivity contribution is -0.118. The first-order valence-corrected chi connectivity index (χ1v) is 12.4. The van der Waals surface area contributed by atoms with Crippen LogP contribution < -0.4 is 5.32 Å². The van der Waals surface area contributed by atoms with Crippen molar-refractivity contribution in [2.75, 3.05) is 25.0 Å². The molecule has 0 radical (unpaired) electrons. The van der Waals surface area contributed by atoms with Gasteiger partial charge in [-0.05, 0) is 58.1 Å². The summed E-state index contributed by atoms with van der Waals surface area (Å²) in [5.74, 6) is 0.421. The van der Waals surface area contributed by atoms with Crippen LogP contribution in [-0.2, 0) is 19.5 Å². The summed E-state index contributed by atoms with van der Waals surface area (Å²) in [6.07, 6.45) is 8.84. The van der Waals surface area contributed by atoms with E-state index in [1.807, 2.05) is 13.8 Å². The van der Waals surface area contributed by atoms with E-state index in [9.17, 15) is 8.42 Å². The minimum atomic E-state index is -3.66. The van der Waals surface area contributed by atoms with Crippen LogP contribution in [0.15, 0.2) is 23.2 Å². The number of nitrogens with one attached hydrogen (secondary N) is 1. The molecule has 2 aliphatic carbocycles. The fourth-order valence-corrected chi connectivity index (χ4v) is 6.65. The molecule has 29 heavy (non-hydrogen) atoms. The highest BCUT2D eigenvalue weighted by Gasteiger charge is 2.43. The molecule has 2 atom stereocenters. The fraction of sp³-hybridized carbons (Fsp3) is 0.762. The van der Waals surface area contributed by atoms with Crippen LogP contribution in [0, 0.1) is 0 Å². The van der Waals surface area contributed by atoms with E-state index in [4.69, 9.17) is 9.47 Å². The predicted molar refractivity (Wildman–Crippen MR) is 111 cm³/mol. The highest BCUT2D eigenvalue weighted by atomic mass is 32.2. The Labute approximate surface area is 174 Å². The van der Waals surface area contributed by atoms with Crippen LogP contribution in [0.1, 0.15) is 58.8 Å². The normalized spacial score (nSPS) is 27.3. The number of pyridine rings is 1. The second-order valence-electron chi connectivity index (χ2n) is 8.78. The zero-order valence-corrected chi connectivity index (χ0v) is 18.3. The average molecular weight is 424 g/mol. The summed E-state index contributed by atoms with van der Waals surface area (Å²) in [5.41, 5.74) is -0.222. The smallest absolute Gasteiger partial charge is 0.247 e. The van der Waals surface area contributed by atoms with Crippen LogP contribution in [0.25, 0.3) is 0 Å². The van der Waals surface area contributed by atoms with Gasteiger partial charge in [0.1, 0.15) is 10.7 Å². The van der Waals surface area contributed by atoms with Crippen molar-refractivity contribution in [3.63, 3.8) is 0 Å². The molecule has 0 aromatic carbocycles. The number of morpholine rings is 1. The van der Waals surface area contributed by atoms with Crippen molar-refractivity contribution in [1.82, 2.24) is 9.29 Å². The third kappa shape index (κ3) is 4.31. The quantitative estimate of drug-likeness (QED) is 0.726. The SMILES string of the molecule is CC(C)OC1(CNc2ncccc2S(=O)(=O)N2CCOC3CCCCC32)CCC1. The topological polar surface area (TPSA) is 80.8 Å². The Hall–Kier alpha value is -1.22. The first kappa shape index (κ1) is 21.0. The van der Waals surface area contributed by atoms with E-state index in [-0.39, 0.29) is 28.7 Å². The zero-order valence-electron chi connectivity index (χ0n) is 17.5. The van der Waals surface area contributed by atoms with Gasteiger partial charge in [-0.1, -0.05) is 12.8 Å². The van der Waals surface area contributed by atoms with Crippen molar-refractivity contribution in [2.45, 2.75) is 87.5 Å². The number of aromatic nitrogens is 1. The third-order valence-corrected chi connectivity index (χ3v) is 8.32. The summed E-state index contributed by atoms with van der Waals surface area (Å²) in [6.45, 7) is 5.50. The van der Waals surface area contributed by atoms with Crippen LogP contribution in [0.4, 0.5) is 5.82 Å². The molecule has 4 rings (SSSR count). The first-order chi connectivity index (χ1) is 13.9. The lowest BCUT2D eigenvalue weighted by atomic mass is 9.79. The van der Waals surface area contributed by atoms with Crippen LogP contribution in [-0.4, -0.2) is 61.3 Å². The Balaban J connectivity index is 1.55. The number of ether oxygens (including phenoxy) is 2. The molecule has 0 amide bonds. The van der Waals surface area contributed by atoms with E-state index in [2.05, 4.69) is 10.3 Å². The van der Waals surface area contributed by atoms with E-state index < -0.39 is 10.0 Å². The van der Waals surface area contributed by atoms with Crippen molar-refractivity contribution >= 4 is 15.8 Å². The van der Waals surface area contributed by atoms with Gasteiger partial charge in [-0.3, -0.25) is 0 Å². The molecule has 1 aromatic heterocycles. The molecule has 1 aromatic rings. The molecule has 3 fully saturated rings. The third-order valence-electron chi connectivity index (χ3n) is 6.37. The molecule has 162 valence electrons. The van der Waals surface area contributed by atoms with Crippen molar-refractivity contribution < 1.29 is 17.9 Å². The standard InChI is InChI=1S/C21H33N3O4S/c1-16(2)28-21(10-6-11-21)15-23-20-19(9-5-12-22-20)29(25,26)24-13-14-27-18-8-4-3-7-17(18)24/h5,9,12,16-18H,3-4,6-8,10-11,13-15H2,1-2H3,(H,22,23). The van der Waals surface area contributed by atoms with E-state index in [0.717, 1.165) is 44.9 Å². The van der Waals surface area contributed by atoms with E-state index in [1.165, 1.54) is 0 Å². The molecule has 0 spiro atoms.